The van der Waals surface area contributed by atoms with E-state index in [-0.39, 0.29) is 0 Å². The van der Waals surface area contributed by atoms with Crippen molar-refractivity contribution in [3.8, 4) is 5.75 Å². The minimum absolute atomic E-state index is 0.519. The third kappa shape index (κ3) is 6.00. The molecular weight excluding hydrogens is 356 g/mol. The average Bonchev–Trinajstić information content (AvgIpc) is 2.61. The van der Waals surface area contributed by atoms with Gasteiger partial charge in [-0.05, 0) is 35.8 Å². The van der Waals surface area contributed by atoms with Crippen molar-refractivity contribution >= 4 is 27.8 Å². The molecule has 0 aromatic heterocycles. The molecule has 0 fully saturated rings. The average molecular weight is 377 g/mol. The molecule has 3 nitrogen and oxygen atoms in total. The molecule has 2 rings (SSSR count). The van der Waals surface area contributed by atoms with E-state index >= 15 is 0 Å². The van der Waals surface area contributed by atoms with Crippen LogP contribution in [0.25, 0.3) is 5.57 Å². The van der Waals surface area contributed by atoms with Gasteiger partial charge in [-0.2, -0.15) is 0 Å². The fraction of sp³-hybridized carbons (Fsp3) is 0.211. The molecule has 0 saturated carbocycles. The van der Waals surface area contributed by atoms with Crippen molar-refractivity contribution in [3.63, 3.8) is 0 Å². The number of aliphatic hydroxyl groups is 1. The van der Waals surface area contributed by atoms with Crippen LogP contribution in [0, 0.1) is 0 Å². The Kier molecular flexibility index (Phi) is 8.95. The molecular formula is C19H21BrO3. The van der Waals surface area contributed by atoms with Crippen LogP contribution in [0.1, 0.15) is 24.0 Å². The summed E-state index contributed by atoms with van der Waals surface area (Å²) in [6.07, 6.45) is 2.15. The van der Waals surface area contributed by atoms with Crippen LogP contribution in [0.5, 0.6) is 5.75 Å². The van der Waals surface area contributed by atoms with Crippen LogP contribution in [0.2, 0.25) is 0 Å². The minimum Gasteiger partial charge on any atom is -0.493 e. The highest BCUT2D eigenvalue weighted by atomic mass is 79.9. The molecule has 2 aromatic rings. The van der Waals surface area contributed by atoms with Gasteiger partial charge in [0.15, 0.2) is 0 Å². The summed E-state index contributed by atoms with van der Waals surface area (Å²) in [5.41, 5.74) is 2.94. The maximum Gasteiger partial charge on any atom is 0.127 e. The number of aliphatic hydroxyl groups excluding tert-OH is 1. The minimum atomic E-state index is 0.519. The van der Waals surface area contributed by atoms with Crippen molar-refractivity contribution in [2.75, 3.05) is 13.7 Å². The molecule has 0 aliphatic rings. The van der Waals surface area contributed by atoms with E-state index in [1.165, 1.54) is 0 Å². The molecule has 0 radical (unpaired) electrons. The summed E-state index contributed by atoms with van der Waals surface area (Å²) in [7, 11) is 1.00. The summed E-state index contributed by atoms with van der Waals surface area (Å²) >= 11 is 3.49. The molecule has 4 heteroatoms. The standard InChI is InChI=1S/C18H17BrO2.CH4O/c1-14(15-7-3-2-4-8-15)17-13-16(19)9-10-18(17)21-12-6-5-11-20;1-2/h2-4,7-11,13H,1,5-6,12H2;2H,1H3. The number of carbonyl (C=O) groups is 1. The predicted molar refractivity (Wildman–Crippen MR) is 97.7 cm³/mol. The highest BCUT2D eigenvalue weighted by Crippen LogP contribution is 2.32. The molecule has 1 N–H and O–H groups in total. The first-order valence-corrected chi connectivity index (χ1v) is 8.07. The van der Waals surface area contributed by atoms with Crippen molar-refractivity contribution in [1.29, 1.82) is 0 Å². The van der Waals surface area contributed by atoms with Crippen molar-refractivity contribution < 1.29 is 14.6 Å². The van der Waals surface area contributed by atoms with Gasteiger partial charge in [0.2, 0.25) is 0 Å². The van der Waals surface area contributed by atoms with E-state index in [1.807, 2.05) is 48.5 Å². The second-order valence-electron chi connectivity index (χ2n) is 4.64. The van der Waals surface area contributed by atoms with E-state index in [0.717, 1.165) is 46.7 Å². The van der Waals surface area contributed by atoms with Crippen LogP contribution in [0.15, 0.2) is 59.6 Å². The summed E-state index contributed by atoms with van der Waals surface area (Å²) in [6, 6.07) is 15.9. The Bertz CT molecular complexity index is 624. The smallest absolute Gasteiger partial charge is 0.127 e. The predicted octanol–water partition coefficient (Wildman–Crippen LogP) is 4.48. The number of carbonyl (C=O) groups excluding carboxylic acids is 1. The Morgan fingerprint density at radius 2 is 1.91 bits per heavy atom. The molecule has 0 aliphatic heterocycles. The fourth-order valence-electron chi connectivity index (χ4n) is 2.01. The van der Waals surface area contributed by atoms with Crippen LogP contribution in [-0.2, 0) is 4.79 Å². The molecule has 0 atom stereocenters. The van der Waals surface area contributed by atoms with Crippen molar-refractivity contribution in [2.24, 2.45) is 0 Å². The van der Waals surface area contributed by atoms with E-state index in [2.05, 4.69) is 22.5 Å². The normalized spacial score (nSPS) is 9.52. The van der Waals surface area contributed by atoms with Crippen LogP contribution in [0.4, 0.5) is 0 Å². The van der Waals surface area contributed by atoms with Crippen LogP contribution < -0.4 is 4.74 Å². The van der Waals surface area contributed by atoms with Gasteiger partial charge in [0.25, 0.3) is 0 Å². The summed E-state index contributed by atoms with van der Waals surface area (Å²) in [6.45, 7) is 4.71. The molecule has 2 aromatic carbocycles. The van der Waals surface area contributed by atoms with E-state index in [0.29, 0.717) is 13.0 Å². The van der Waals surface area contributed by atoms with Gasteiger partial charge < -0.3 is 14.6 Å². The second-order valence-corrected chi connectivity index (χ2v) is 5.56. The second kappa shape index (κ2) is 10.8. The van der Waals surface area contributed by atoms with E-state index in [4.69, 9.17) is 9.84 Å². The Hall–Kier alpha value is -1.91. The SMILES string of the molecule is C=C(c1ccccc1)c1cc(Br)ccc1OCCCC=O.CO. The highest BCUT2D eigenvalue weighted by molar-refractivity contribution is 9.10. The van der Waals surface area contributed by atoms with Gasteiger partial charge in [-0.3, -0.25) is 0 Å². The van der Waals surface area contributed by atoms with E-state index in [9.17, 15) is 4.79 Å². The van der Waals surface area contributed by atoms with Gasteiger partial charge in [-0.1, -0.05) is 52.8 Å². The molecule has 0 heterocycles. The van der Waals surface area contributed by atoms with Gasteiger partial charge in [0.05, 0.1) is 6.61 Å². The van der Waals surface area contributed by atoms with Gasteiger partial charge in [0, 0.05) is 23.6 Å². The van der Waals surface area contributed by atoms with Gasteiger partial charge in [-0.15, -0.1) is 0 Å². The summed E-state index contributed by atoms with van der Waals surface area (Å²) in [5.74, 6) is 0.790. The zero-order valence-electron chi connectivity index (χ0n) is 13.2. The molecule has 0 unspecified atom stereocenters. The molecule has 0 aliphatic carbocycles. The summed E-state index contributed by atoms with van der Waals surface area (Å²) in [5, 5.41) is 7.00. The maximum atomic E-state index is 10.3. The first-order chi connectivity index (χ1) is 11.2. The van der Waals surface area contributed by atoms with Gasteiger partial charge >= 0.3 is 0 Å². The maximum absolute atomic E-state index is 10.3. The Balaban J connectivity index is 0.00000127. The van der Waals surface area contributed by atoms with Crippen molar-refractivity contribution in [1.82, 2.24) is 0 Å². The van der Waals surface area contributed by atoms with Crippen LogP contribution >= 0.6 is 15.9 Å². The molecule has 0 bridgehead atoms. The third-order valence-electron chi connectivity index (χ3n) is 3.11. The third-order valence-corrected chi connectivity index (χ3v) is 3.61. The first kappa shape index (κ1) is 19.1. The van der Waals surface area contributed by atoms with Crippen LogP contribution in [-0.4, -0.2) is 25.1 Å². The van der Waals surface area contributed by atoms with E-state index < -0.39 is 0 Å². The lowest BCUT2D eigenvalue weighted by Gasteiger charge is -2.14. The van der Waals surface area contributed by atoms with Crippen molar-refractivity contribution in [3.05, 3.63) is 70.7 Å². The number of unbranched alkanes of at least 4 members (excludes halogenated alkanes) is 1. The monoisotopic (exact) mass is 376 g/mol. The fourth-order valence-corrected chi connectivity index (χ4v) is 2.37. The largest absolute Gasteiger partial charge is 0.493 e. The molecule has 0 spiro atoms. The number of hydrogen-bond donors (Lipinski definition) is 1. The molecule has 122 valence electrons. The molecule has 23 heavy (non-hydrogen) atoms. The Labute approximate surface area is 145 Å². The number of halogens is 1. The lowest BCUT2D eigenvalue weighted by atomic mass is 9.99. The molecule has 0 amide bonds. The summed E-state index contributed by atoms with van der Waals surface area (Å²) < 4.78 is 6.78. The van der Waals surface area contributed by atoms with Gasteiger partial charge in [-0.25, -0.2) is 0 Å². The van der Waals surface area contributed by atoms with Crippen LogP contribution in [0.3, 0.4) is 0 Å². The number of hydrogen-bond acceptors (Lipinski definition) is 3. The molecule has 0 saturated heterocycles. The topological polar surface area (TPSA) is 46.5 Å². The summed E-state index contributed by atoms with van der Waals surface area (Å²) in [4.78, 5) is 10.3. The first-order valence-electron chi connectivity index (χ1n) is 7.28. The highest BCUT2D eigenvalue weighted by Gasteiger charge is 2.10. The Morgan fingerprint density at radius 1 is 1.22 bits per heavy atom. The van der Waals surface area contributed by atoms with Gasteiger partial charge in [0.1, 0.15) is 12.0 Å². The quantitative estimate of drug-likeness (QED) is 0.572. The van der Waals surface area contributed by atoms with Crippen molar-refractivity contribution in [2.45, 2.75) is 12.8 Å². The lowest BCUT2D eigenvalue weighted by Crippen LogP contribution is -2.00. The number of rotatable bonds is 7. The number of aldehydes is 1. The number of ether oxygens (including phenoxy) is 1. The zero-order valence-corrected chi connectivity index (χ0v) is 14.8. The lowest BCUT2D eigenvalue weighted by molar-refractivity contribution is -0.108. The number of benzene rings is 2. The Morgan fingerprint density at radius 3 is 2.57 bits per heavy atom. The van der Waals surface area contributed by atoms with E-state index in [1.54, 1.807) is 0 Å². The zero-order chi connectivity index (χ0) is 17.1.